The zero-order valence-corrected chi connectivity index (χ0v) is 12.0. The Morgan fingerprint density at radius 1 is 1.26 bits per heavy atom. The van der Waals surface area contributed by atoms with E-state index in [0.717, 1.165) is 18.4 Å². The van der Waals surface area contributed by atoms with Crippen LogP contribution < -0.4 is 10.6 Å². The molecule has 0 fully saturated rings. The van der Waals surface area contributed by atoms with Crippen molar-refractivity contribution in [2.24, 2.45) is 0 Å². The molecule has 5 nitrogen and oxygen atoms in total. The number of aromatic nitrogens is 1. The molecule has 1 heterocycles. The number of oxazole rings is 1. The van der Waals surface area contributed by atoms with Crippen molar-refractivity contribution in [1.29, 1.82) is 0 Å². The number of carbonyl (C=O) groups excluding carboxylic acids is 1. The van der Waals surface area contributed by atoms with Gasteiger partial charge in [0.1, 0.15) is 12.1 Å². The maximum absolute atomic E-state index is 13.2. The first-order valence-corrected chi connectivity index (χ1v) is 6.53. The van der Waals surface area contributed by atoms with E-state index in [9.17, 15) is 22.4 Å². The highest BCUT2D eigenvalue weighted by Gasteiger charge is 2.31. The molecule has 0 aliphatic rings. The van der Waals surface area contributed by atoms with E-state index in [1.54, 1.807) is 7.05 Å². The number of halogens is 4. The molecule has 0 aliphatic carbocycles. The van der Waals surface area contributed by atoms with Gasteiger partial charge in [-0.1, -0.05) is 0 Å². The predicted octanol–water partition coefficient (Wildman–Crippen LogP) is 2.48. The highest BCUT2D eigenvalue weighted by atomic mass is 19.4. The van der Waals surface area contributed by atoms with Gasteiger partial charge in [0, 0.05) is 6.54 Å². The summed E-state index contributed by atoms with van der Waals surface area (Å²) in [6.45, 7) is 0.0556. The fraction of sp³-hybridized carbons (Fsp3) is 0.286. The second-order valence-corrected chi connectivity index (χ2v) is 4.69. The van der Waals surface area contributed by atoms with Crippen molar-refractivity contribution in [1.82, 2.24) is 15.6 Å². The molecule has 1 aromatic carbocycles. The molecule has 124 valence electrons. The topological polar surface area (TPSA) is 67.2 Å². The van der Waals surface area contributed by atoms with E-state index in [-0.39, 0.29) is 17.8 Å². The largest absolute Gasteiger partial charge is 0.447 e. The number of nitrogens with one attached hydrogen (secondary N) is 2. The standard InChI is InChI=1S/C14H13F4N3O2/c1-19-6-12-21-11(7-23-12)13(22)20-5-8-2-9(14(16,17)18)4-10(15)3-8/h2-4,7,19H,5-6H2,1H3,(H,20,22). The lowest BCUT2D eigenvalue weighted by molar-refractivity contribution is -0.137. The van der Waals surface area contributed by atoms with Crippen molar-refractivity contribution >= 4 is 5.91 Å². The fourth-order valence-electron chi connectivity index (χ4n) is 1.84. The van der Waals surface area contributed by atoms with Crippen LogP contribution >= 0.6 is 0 Å². The molecule has 2 rings (SSSR count). The van der Waals surface area contributed by atoms with Gasteiger partial charge in [-0.25, -0.2) is 9.37 Å². The number of alkyl halides is 3. The van der Waals surface area contributed by atoms with Crippen LogP contribution in [0, 0.1) is 5.82 Å². The van der Waals surface area contributed by atoms with Gasteiger partial charge in [0.15, 0.2) is 5.69 Å². The summed E-state index contributed by atoms with van der Waals surface area (Å²) < 4.78 is 56.1. The average Bonchev–Trinajstić information content (AvgIpc) is 2.92. The molecule has 2 N–H and O–H groups in total. The van der Waals surface area contributed by atoms with Crippen LogP contribution in [0.15, 0.2) is 28.9 Å². The molecule has 1 aromatic heterocycles. The normalized spacial score (nSPS) is 11.5. The van der Waals surface area contributed by atoms with Crippen molar-refractivity contribution < 1.29 is 26.8 Å². The van der Waals surface area contributed by atoms with Crippen molar-refractivity contribution in [3.63, 3.8) is 0 Å². The maximum Gasteiger partial charge on any atom is 0.416 e. The molecule has 0 spiro atoms. The Morgan fingerprint density at radius 3 is 2.65 bits per heavy atom. The van der Waals surface area contributed by atoms with Crippen LogP contribution in [0.3, 0.4) is 0 Å². The third-order valence-corrected chi connectivity index (χ3v) is 2.85. The summed E-state index contributed by atoms with van der Waals surface area (Å²) in [6, 6.07) is 2.09. The Morgan fingerprint density at radius 2 is 2.00 bits per heavy atom. The second-order valence-electron chi connectivity index (χ2n) is 4.69. The van der Waals surface area contributed by atoms with Gasteiger partial charge in [-0.3, -0.25) is 4.79 Å². The zero-order valence-electron chi connectivity index (χ0n) is 12.0. The molecule has 0 saturated heterocycles. The summed E-state index contributed by atoms with van der Waals surface area (Å²) in [5.74, 6) is -1.36. The quantitative estimate of drug-likeness (QED) is 0.826. The third kappa shape index (κ3) is 4.52. The molecular weight excluding hydrogens is 318 g/mol. The SMILES string of the molecule is CNCc1nc(C(=O)NCc2cc(F)cc(C(F)(F)F)c2)co1. The van der Waals surface area contributed by atoms with Gasteiger partial charge in [-0.2, -0.15) is 13.2 Å². The van der Waals surface area contributed by atoms with Crippen LogP contribution in [0.1, 0.15) is 27.5 Å². The van der Waals surface area contributed by atoms with Crippen molar-refractivity contribution in [3.05, 3.63) is 53.0 Å². The van der Waals surface area contributed by atoms with E-state index >= 15 is 0 Å². The first-order chi connectivity index (χ1) is 10.8. The Labute approximate surface area is 128 Å². The van der Waals surface area contributed by atoms with Gasteiger partial charge in [-0.15, -0.1) is 0 Å². The van der Waals surface area contributed by atoms with E-state index in [1.807, 2.05) is 0 Å². The summed E-state index contributed by atoms with van der Waals surface area (Å²) in [4.78, 5) is 15.7. The molecule has 0 saturated carbocycles. The molecule has 23 heavy (non-hydrogen) atoms. The van der Waals surface area contributed by atoms with Gasteiger partial charge in [-0.05, 0) is 30.8 Å². The lowest BCUT2D eigenvalue weighted by atomic mass is 10.1. The lowest BCUT2D eigenvalue weighted by Gasteiger charge is -2.10. The lowest BCUT2D eigenvalue weighted by Crippen LogP contribution is -2.23. The molecule has 0 radical (unpaired) electrons. The van der Waals surface area contributed by atoms with Gasteiger partial charge >= 0.3 is 6.18 Å². The number of rotatable bonds is 5. The number of carbonyl (C=O) groups is 1. The van der Waals surface area contributed by atoms with Crippen LogP contribution in [0.5, 0.6) is 0 Å². The Kier molecular flexibility index (Phi) is 4.99. The third-order valence-electron chi connectivity index (χ3n) is 2.85. The smallest absolute Gasteiger partial charge is 0.416 e. The number of hydrogen-bond acceptors (Lipinski definition) is 4. The van der Waals surface area contributed by atoms with Crippen molar-refractivity contribution in [2.75, 3.05) is 7.05 Å². The summed E-state index contributed by atoms with van der Waals surface area (Å²) in [6.07, 6.45) is -3.52. The van der Waals surface area contributed by atoms with Crippen LogP contribution in [0.4, 0.5) is 17.6 Å². The molecule has 0 bridgehead atoms. The molecule has 2 aromatic rings. The molecule has 0 atom stereocenters. The Hall–Kier alpha value is -2.42. The number of amides is 1. The second kappa shape index (κ2) is 6.78. The highest BCUT2D eigenvalue weighted by Crippen LogP contribution is 2.30. The molecule has 9 heteroatoms. The highest BCUT2D eigenvalue weighted by molar-refractivity contribution is 5.91. The predicted molar refractivity (Wildman–Crippen MR) is 71.8 cm³/mol. The number of nitrogens with zero attached hydrogens (tertiary/aromatic N) is 1. The molecule has 0 unspecified atom stereocenters. The van der Waals surface area contributed by atoms with Gasteiger partial charge in [0.25, 0.3) is 5.91 Å². The number of benzene rings is 1. The minimum Gasteiger partial charge on any atom is -0.447 e. The van der Waals surface area contributed by atoms with E-state index in [4.69, 9.17) is 4.42 Å². The Balaban J connectivity index is 2.05. The maximum atomic E-state index is 13.2. The van der Waals surface area contributed by atoms with E-state index in [2.05, 4.69) is 15.6 Å². The Bertz CT molecular complexity index is 698. The first kappa shape index (κ1) is 16.9. The minimum atomic E-state index is -4.66. The monoisotopic (exact) mass is 331 g/mol. The summed E-state index contributed by atoms with van der Waals surface area (Å²) >= 11 is 0. The fourth-order valence-corrected chi connectivity index (χ4v) is 1.84. The van der Waals surface area contributed by atoms with Crippen LogP contribution in [0.2, 0.25) is 0 Å². The van der Waals surface area contributed by atoms with Crippen LogP contribution in [-0.2, 0) is 19.3 Å². The number of hydrogen-bond donors (Lipinski definition) is 2. The first-order valence-electron chi connectivity index (χ1n) is 6.53. The average molecular weight is 331 g/mol. The molecular formula is C14H13F4N3O2. The molecule has 0 aliphatic heterocycles. The van der Waals surface area contributed by atoms with Gasteiger partial charge in [0.05, 0.1) is 12.1 Å². The summed E-state index contributed by atoms with van der Waals surface area (Å²) in [7, 11) is 1.67. The van der Waals surface area contributed by atoms with Crippen molar-refractivity contribution in [2.45, 2.75) is 19.3 Å². The van der Waals surface area contributed by atoms with Gasteiger partial charge in [0.2, 0.25) is 5.89 Å². The van der Waals surface area contributed by atoms with Crippen molar-refractivity contribution in [3.8, 4) is 0 Å². The molecule has 1 amide bonds. The summed E-state index contributed by atoms with van der Waals surface area (Å²) in [5, 5.41) is 5.15. The van der Waals surface area contributed by atoms with E-state index in [1.165, 1.54) is 0 Å². The van der Waals surface area contributed by atoms with Gasteiger partial charge < -0.3 is 15.1 Å². The minimum absolute atomic E-state index is 0.00961. The van der Waals surface area contributed by atoms with E-state index in [0.29, 0.717) is 18.5 Å². The summed E-state index contributed by atoms with van der Waals surface area (Å²) in [5.41, 5.74) is -1.13. The van der Waals surface area contributed by atoms with Crippen LogP contribution in [-0.4, -0.2) is 17.9 Å². The van der Waals surface area contributed by atoms with E-state index < -0.39 is 23.5 Å². The van der Waals surface area contributed by atoms with Crippen LogP contribution in [0.25, 0.3) is 0 Å². The zero-order chi connectivity index (χ0) is 17.0.